The average molecular weight is 355 g/mol. The lowest BCUT2D eigenvalue weighted by Gasteiger charge is -2.17. The number of nitrogens with one attached hydrogen (secondary N) is 1. The molecule has 136 valence electrons. The molecule has 2 aromatic carbocycles. The molecule has 4 rings (SSSR count). The van der Waals surface area contributed by atoms with Crippen molar-refractivity contribution in [3.63, 3.8) is 0 Å². The van der Waals surface area contributed by atoms with Crippen LogP contribution in [0.25, 0.3) is 0 Å². The Morgan fingerprint density at radius 2 is 1.96 bits per heavy atom. The molecule has 0 aromatic heterocycles. The summed E-state index contributed by atoms with van der Waals surface area (Å²) >= 11 is 0. The van der Waals surface area contributed by atoms with Gasteiger partial charge in [-0.05, 0) is 36.8 Å². The van der Waals surface area contributed by atoms with E-state index in [9.17, 15) is 4.79 Å². The molecule has 0 bridgehead atoms. The van der Waals surface area contributed by atoms with Gasteiger partial charge in [-0.1, -0.05) is 18.2 Å². The third-order valence-electron chi connectivity index (χ3n) is 4.68. The van der Waals surface area contributed by atoms with E-state index in [1.165, 1.54) is 0 Å². The molecule has 2 heterocycles. The van der Waals surface area contributed by atoms with E-state index in [2.05, 4.69) is 5.32 Å². The van der Waals surface area contributed by atoms with Gasteiger partial charge in [-0.2, -0.15) is 0 Å². The van der Waals surface area contributed by atoms with Crippen LogP contribution in [0.1, 0.15) is 16.8 Å². The highest BCUT2D eigenvalue weighted by Gasteiger charge is 2.42. The van der Waals surface area contributed by atoms with E-state index in [1.807, 2.05) is 24.3 Å². The van der Waals surface area contributed by atoms with Crippen LogP contribution in [0.3, 0.4) is 0 Å². The Balaban J connectivity index is 1.46. The van der Waals surface area contributed by atoms with Crippen LogP contribution >= 0.6 is 0 Å². The van der Waals surface area contributed by atoms with Crippen LogP contribution < -0.4 is 14.8 Å². The normalized spacial score (nSPS) is 24.1. The van der Waals surface area contributed by atoms with E-state index in [4.69, 9.17) is 18.9 Å². The molecule has 3 atom stereocenters. The second-order valence-corrected chi connectivity index (χ2v) is 6.36. The van der Waals surface area contributed by atoms with Crippen molar-refractivity contribution in [1.82, 2.24) is 5.32 Å². The van der Waals surface area contributed by atoms with E-state index >= 15 is 0 Å². The first-order valence-electron chi connectivity index (χ1n) is 8.69. The first-order valence-corrected chi connectivity index (χ1v) is 8.69. The minimum atomic E-state index is -0.166. The number of hydrogen-bond donors (Lipinski definition) is 1. The number of carbonyl (C=O) groups is 1. The Hall–Kier alpha value is -2.57. The molecule has 0 spiro atoms. The van der Waals surface area contributed by atoms with Crippen LogP contribution in [0.4, 0.5) is 0 Å². The summed E-state index contributed by atoms with van der Waals surface area (Å²) < 4.78 is 22.5. The summed E-state index contributed by atoms with van der Waals surface area (Å²) in [7, 11) is 1.59. The SMILES string of the molecule is COc1ccccc1Oc1cccc(C(=O)N[C@H]2CO[C@@H]3CCO[C@H]23)c1. The van der Waals surface area contributed by atoms with Gasteiger partial charge < -0.3 is 24.3 Å². The molecule has 26 heavy (non-hydrogen) atoms. The predicted octanol–water partition coefficient (Wildman–Crippen LogP) is 2.77. The number of methoxy groups -OCH3 is 1. The van der Waals surface area contributed by atoms with Gasteiger partial charge in [-0.3, -0.25) is 4.79 Å². The molecule has 6 heteroatoms. The lowest BCUT2D eigenvalue weighted by atomic mass is 10.1. The van der Waals surface area contributed by atoms with Crippen LogP contribution in [-0.2, 0) is 9.47 Å². The number of fused-ring (bicyclic) bond motifs is 1. The monoisotopic (exact) mass is 355 g/mol. The Labute approximate surface area is 152 Å². The molecule has 2 aromatic rings. The molecule has 2 fully saturated rings. The highest BCUT2D eigenvalue weighted by molar-refractivity contribution is 5.94. The van der Waals surface area contributed by atoms with Gasteiger partial charge in [0.15, 0.2) is 11.5 Å². The van der Waals surface area contributed by atoms with Gasteiger partial charge in [-0.15, -0.1) is 0 Å². The average Bonchev–Trinajstić information content (AvgIpc) is 3.27. The van der Waals surface area contributed by atoms with Gasteiger partial charge in [0.1, 0.15) is 11.9 Å². The molecular formula is C20H21NO5. The molecule has 0 aliphatic carbocycles. The van der Waals surface area contributed by atoms with Gasteiger partial charge in [0.25, 0.3) is 5.91 Å². The lowest BCUT2D eigenvalue weighted by Crippen LogP contribution is -2.43. The summed E-state index contributed by atoms with van der Waals surface area (Å²) in [6, 6.07) is 14.3. The minimum absolute atomic E-state index is 0.0491. The van der Waals surface area contributed by atoms with E-state index in [0.717, 1.165) is 6.42 Å². The van der Waals surface area contributed by atoms with Crippen molar-refractivity contribution < 1.29 is 23.7 Å². The molecule has 2 aliphatic rings. The maximum Gasteiger partial charge on any atom is 0.251 e. The summed E-state index contributed by atoms with van der Waals surface area (Å²) in [5, 5.41) is 3.01. The van der Waals surface area contributed by atoms with Crippen molar-refractivity contribution in [3.05, 3.63) is 54.1 Å². The van der Waals surface area contributed by atoms with Gasteiger partial charge in [0, 0.05) is 12.2 Å². The Kier molecular flexibility index (Phi) is 4.77. The van der Waals surface area contributed by atoms with Crippen molar-refractivity contribution >= 4 is 5.91 Å². The summed E-state index contributed by atoms with van der Waals surface area (Å²) in [4.78, 5) is 12.6. The van der Waals surface area contributed by atoms with Crippen molar-refractivity contribution in [2.45, 2.75) is 24.7 Å². The number of ether oxygens (including phenoxy) is 4. The Morgan fingerprint density at radius 1 is 1.12 bits per heavy atom. The Morgan fingerprint density at radius 3 is 2.81 bits per heavy atom. The fraction of sp³-hybridized carbons (Fsp3) is 0.350. The molecule has 2 saturated heterocycles. The summed E-state index contributed by atoms with van der Waals surface area (Å²) in [5.74, 6) is 1.63. The zero-order valence-corrected chi connectivity index (χ0v) is 14.5. The standard InChI is InChI=1S/C20H21NO5/c1-23-16-7-2-3-8-17(16)26-14-6-4-5-13(11-14)20(22)21-15-12-25-18-9-10-24-19(15)18/h2-8,11,15,18-19H,9-10,12H2,1H3,(H,21,22)/t15-,18+,19+/m0/s1. The number of hydrogen-bond acceptors (Lipinski definition) is 5. The topological polar surface area (TPSA) is 66.0 Å². The van der Waals surface area contributed by atoms with Gasteiger partial charge >= 0.3 is 0 Å². The lowest BCUT2D eigenvalue weighted by molar-refractivity contribution is 0.0656. The van der Waals surface area contributed by atoms with E-state index in [1.54, 1.807) is 31.4 Å². The third-order valence-corrected chi connectivity index (χ3v) is 4.68. The fourth-order valence-corrected chi connectivity index (χ4v) is 3.37. The summed E-state index contributed by atoms with van der Waals surface area (Å²) in [6.07, 6.45) is 0.937. The van der Waals surface area contributed by atoms with Crippen LogP contribution in [-0.4, -0.2) is 44.5 Å². The maximum atomic E-state index is 12.6. The quantitative estimate of drug-likeness (QED) is 0.893. The van der Waals surface area contributed by atoms with Gasteiger partial charge in [-0.25, -0.2) is 0 Å². The highest BCUT2D eigenvalue weighted by Crippen LogP contribution is 2.31. The molecule has 6 nitrogen and oxygen atoms in total. The van der Waals surface area contributed by atoms with E-state index in [-0.39, 0.29) is 24.2 Å². The molecule has 1 N–H and O–H groups in total. The highest BCUT2D eigenvalue weighted by atomic mass is 16.6. The molecule has 0 saturated carbocycles. The smallest absolute Gasteiger partial charge is 0.251 e. The molecule has 1 amide bonds. The first kappa shape index (κ1) is 16.9. The zero-order chi connectivity index (χ0) is 17.9. The third kappa shape index (κ3) is 3.38. The van der Waals surface area contributed by atoms with Crippen molar-refractivity contribution in [3.8, 4) is 17.2 Å². The van der Waals surface area contributed by atoms with Crippen LogP contribution in [0.5, 0.6) is 17.2 Å². The molecule has 0 radical (unpaired) electrons. The van der Waals surface area contributed by atoms with Crippen LogP contribution in [0, 0.1) is 0 Å². The minimum Gasteiger partial charge on any atom is -0.493 e. The number of amides is 1. The number of rotatable bonds is 5. The van der Waals surface area contributed by atoms with Crippen molar-refractivity contribution in [1.29, 1.82) is 0 Å². The van der Waals surface area contributed by atoms with E-state index in [0.29, 0.717) is 36.0 Å². The first-order chi connectivity index (χ1) is 12.7. The van der Waals surface area contributed by atoms with Crippen LogP contribution in [0.15, 0.2) is 48.5 Å². The molecule has 2 aliphatic heterocycles. The second kappa shape index (κ2) is 7.35. The van der Waals surface area contributed by atoms with Gasteiger partial charge in [0.2, 0.25) is 0 Å². The largest absolute Gasteiger partial charge is 0.493 e. The van der Waals surface area contributed by atoms with E-state index < -0.39 is 0 Å². The summed E-state index contributed by atoms with van der Waals surface area (Å²) in [6.45, 7) is 1.17. The number of carbonyl (C=O) groups excluding carboxylic acids is 1. The number of para-hydroxylation sites is 2. The predicted molar refractivity (Wildman–Crippen MR) is 94.9 cm³/mol. The maximum absolute atomic E-state index is 12.6. The number of benzene rings is 2. The second-order valence-electron chi connectivity index (χ2n) is 6.36. The van der Waals surface area contributed by atoms with Crippen molar-refractivity contribution in [2.75, 3.05) is 20.3 Å². The van der Waals surface area contributed by atoms with Crippen molar-refractivity contribution in [2.24, 2.45) is 0 Å². The molecule has 0 unspecified atom stereocenters. The molecular weight excluding hydrogens is 334 g/mol. The fourth-order valence-electron chi connectivity index (χ4n) is 3.37. The van der Waals surface area contributed by atoms with Gasteiger partial charge in [0.05, 0.1) is 25.9 Å². The Bertz CT molecular complexity index is 793. The zero-order valence-electron chi connectivity index (χ0n) is 14.5. The summed E-state index contributed by atoms with van der Waals surface area (Å²) in [5.41, 5.74) is 0.527. The van der Waals surface area contributed by atoms with Crippen LogP contribution in [0.2, 0.25) is 0 Å².